The van der Waals surface area contributed by atoms with E-state index in [0.29, 0.717) is 0 Å². The van der Waals surface area contributed by atoms with Crippen LogP contribution >= 0.6 is 0 Å². The Morgan fingerprint density at radius 1 is 1.08 bits per heavy atom. The highest BCUT2D eigenvalue weighted by Crippen LogP contribution is 1.85. The highest BCUT2D eigenvalue weighted by atomic mass is 14.8. The molecule has 74 valence electrons. The second-order valence-electron chi connectivity index (χ2n) is 2.87. The lowest BCUT2D eigenvalue weighted by molar-refractivity contribution is 0.611. The summed E-state index contributed by atoms with van der Waals surface area (Å²) < 4.78 is 0. The maximum absolute atomic E-state index is 3.39. The van der Waals surface area contributed by atoms with E-state index in [1.165, 1.54) is 38.8 Å². The summed E-state index contributed by atoms with van der Waals surface area (Å²) in [6, 6.07) is 0. The van der Waals surface area contributed by atoms with Gasteiger partial charge in [-0.2, -0.15) is 0 Å². The van der Waals surface area contributed by atoms with Gasteiger partial charge in [0.1, 0.15) is 0 Å². The van der Waals surface area contributed by atoms with Gasteiger partial charge in [0, 0.05) is 0 Å². The van der Waals surface area contributed by atoms with Crippen LogP contribution in [0.25, 0.3) is 0 Å². The minimum atomic E-state index is 1.20. The van der Waals surface area contributed by atoms with E-state index in [0.717, 1.165) is 0 Å². The molecule has 0 aliphatic carbocycles. The van der Waals surface area contributed by atoms with Gasteiger partial charge in [-0.05, 0) is 32.9 Å². The summed E-state index contributed by atoms with van der Waals surface area (Å²) in [5.41, 5.74) is 0. The maximum atomic E-state index is 3.39. The fourth-order valence-corrected chi connectivity index (χ4v) is 0.729. The van der Waals surface area contributed by atoms with Crippen molar-refractivity contribution in [3.63, 3.8) is 0 Å². The summed E-state index contributed by atoms with van der Waals surface area (Å²) in [6.07, 6.45) is 7.01. The lowest BCUT2D eigenvalue weighted by atomic mass is 10.3. The van der Waals surface area contributed by atoms with Crippen LogP contribution in [0.3, 0.4) is 0 Å². The van der Waals surface area contributed by atoms with Crippen LogP contribution in [-0.4, -0.2) is 13.1 Å². The fraction of sp³-hybridized carbons (Fsp3) is 0.818. The summed E-state index contributed by atoms with van der Waals surface area (Å²) in [5, 5.41) is 3.39. The molecule has 0 spiro atoms. The second-order valence-corrected chi connectivity index (χ2v) is 2.87. The van der Waals surface area contributed by atoms with Crippen LogP contribution in [-0.2, 0) is 0 Å². The van der Waals surface area contributed by atoms with Gasteiger partial charge in [0.05, 0.1) is 0 Å². The van der Waals surface area contributed by atoms with Crippen LogP contribution in [0.2, 0.25) is 0 Å². The van der Waals surface area contributed by atoms with E-state index in [-0.39, 0.29) is 0 Å². The van der Waals surface area contributed by atoms with Gasteiger partial charge in [0.25, 0.3) is 0 Å². The molecule has 0 aromatic carbocycles. The molecule has 0 aliphatic rings. The third-order valence-electron chi connectivity index (χ3n) is 1.41. The summed E-state index contributed by atoms with van der Waals surface area (Å²) in [5.74, 6) is 0. The highest BCUT2D eigenvalue weighted by molar-refractivity contribution is 4.51. The SMILES string of the molecule is C=CC.CCCCNCCCC. The van der Waals surface area contributed by atoms with Crippen molar-refractivity contribution in [3.8, 4) is 0 Å². The Hall–Kier alpha value is -0.300. The fourth-order valence-electron chi connectivity index (χ4n) is 0.729. The minimum absolute atomic E-state index is 1.20. The van der Waals surface area contributed by atoms with Crippen molar-refractivity contribution in [3.05, 3.63) is 12.7 Å². The first-order valence-corrected chi connectivity index (χ1v) is 5.11. The predicted octanol–water partition coefficient (Wildman–Crippen LogP) is 3.37. The van der Waals surface area contributed by atoms with Crippen LogP contribution in [0, 0.1) is 0 Å². The quantitative estimate of drug-likeness (QED) is 0.477. The molecule has 1 nitrogen and oxygen atoms in total. The van der Waals surface area contributed by atoms with Crippen LogP contribution in [0.1, 0.15) is 46.5 Å². The van der Waals surface area contributed by atoms with Gasteiger partial charge in [-0.3, -0.25) is 0 Å². The lowest BCUT2D eigenvalue weighted by Crippen LogP contribution is -2.15. The summed E-state index contributed by atoms with van der Waals surface area (Å²) in [7, 11) is 0. The van der Waals surface area contributed by atoms with E-state index in [9.17, 15) is 0 Å². The van der Waals surface area contributed by atoms with Gasteiger partial charge in [0.2, 0.25) is 0 Å². The first-order valence-electron chi connectivity index (χ1n) is 5.11. The average molecular weight is 171 g/mol. The molecule has 0 bridgehead atoms. The number of nitrogens with one attached hydrogen (secondary N) is 1. The number of hydrogen-bond donors (Lipinski definition) is 1. The molecule has 0 atom stereocenters. The van der Waals surface area contributed by atoms with Crippen molar-refractivity contribution >= 4 is 0 Å². The van der Waals surface area contributed by atoms with Crippen LogP contribution in [0.15, 0.2) is 12.7 Å². The minimum Gasteiger partial charge on any atom is -0.317 e. The number of rotatable bonds is 6. The monoisotopic (exact) mass is 171 g/mol. The molecule has 0 saturated heterocycles. The normalized spacial score (nSPS) is 8.58. The van der Waals surface area contributed by atoms with E-state index >= 15 is 0 Å². The Bertz CT molecular complexity index is 63.4. The van der Waals surface area contributed by atoms with Gasteiger partial charge < -0.3 is 5.32 Å². The molecule has 0 rings (SSSR count). The molecule has 0 unspecified atom stereocenters. The van der Waals surface area contributed by atoms with Crippen molar-refractivity contribution in [2.75, 3.05) is 13.1 Å². The number of hydrogen-bond acceptors (Lipinski definition) is 1. The van der Waals surface area contributed by atoms with Gasteiger partial charge in [0.15, 0.2) is 0 Å². The number of unbranched alkanes of at least 4 members (excludes halogenated alkanes) is 2. The summed E-state index contributed by atoms with van der Waals surface area (Å²) in [4.78, 5) is 0. The molecule has 0 fully saturated rings. The Morgan fingerprint density at radius 2 is 1.42 bits per heavy atom. The van der Waals surface area contributed by atoms with E-state index in [4.69, 9.17) is 0 Å². The summed E-state index contributed by atoms with van der Waals surface area (Å²) >= 11 is 0. The first kappa shape index (κ1) is 14.2. The van der Waals surface area contributed by atoms with E-state index in [1.807, 2.05) is 6.92 Å². The van der Waals surface area contributed by atoms with Crippen molar-refractivity contribution in [1.82, 2.24) is 5.32 Å². The first-order chi connectivity index (χ1) is 5.83. The predicted molar refractivity (Wildman–Crippen MR) is 58.6 cm³/mol. The van der Waals surface area contributed by atoms with Crippen LogP contribution in [0.5, 0.6) is 0 Å². The standard InChI is InChI=1S/C8H19N.C3H6/c1-3-5-7-9-8-6-4-2;1-3-2/h9H,3-8H2,1-2H3;3H,1H2,2H3. The third kappa shape index (κ3) is 22.6. The molecule has 0 amide bonds. The van der Waals surface area contributed by atoms with Gasteiger partial charge >= 0.3 is 0 Å². The van der Waals surface area contributed by atoms with Gasteiger partial charge in [-0.1, -0.05) is 32.8 Å². The van der Waals surface area contributed by atoms with Crippen molar-refractivity contribution in [2.24, 2.45) is 0 Å². The van der Waals surface area contributed by atoms with Gasteiger partial charge in [-0.15, -0.1) is 6.58 Å². The largest absolute Gasteiger partial charge is 0.317 e. The zero-order valence-corrected chi connectivity index (χ0v) is 9.03. The highest BCUT2D eigenvalue weighted by Gasteiger charge is 1.83. The molecule has 0 radical (unpaired) electrons. The molecule has 0 aliphatic heterocycles. The Labute approximate surface area is 78.3 Å². The topological polar surface area (TPSA) is 12.0 Å². The number of allylic oxidation sites excluding steroid dienone is 1. The second kappa shape index (κ2) is 17.0. The Balaban J connectivity index is 0. The molecular weight excluding hydrogens is 146 g/mol. The average Bonchev–Trinajstić information content (AvgIpc) is 2.06. The smallest absolute Gasteiger partial charge is 0.00490 e. The zero-order valence-electron chi connectivity index (χ0n) is 9.03. The Kier molecular flexibility index (Phi) is 20.1. The molecule has 12 heavy (non-hydrogen) atoms. The molecule has 1 N–H and O–H groups in total. The Morgan fingerprint density at radius 3 is 1.67 bits per heavy atom. The van der Waals surface area contributed by atoms with Crippen molar-refractivity contribution in [2.45, 2.75) is 46.5 Å². The lowest BCUT2D eigenvalue weighted by Gasteiger charge is -1.99. The van der Waals surface area contributed by atoms with E-state index < -0.39 is 0 Å². The van der Waals surface area contributed by atoms with Gasteiger partial charge in [-0.25, -0.2) is 0 Å². The molecule has 0 aromatic rings. The van der Waals surface area contributed by atoms with E-state index in [1.54, 1.807) is 6.08 Å². The molecule has 0 heterocycles. The van der Waals surface area contributed by atoms with Crippen molar-refractivity contribution < 1.29 is 0 Å². The molecule has 0 aromatic heterocycles. The van der Waals surface area contributed by atoms with Crippen LogP contribution < -0.4 is 5.32 Å². The van der Waals surface area contributed by atoms with Crippen molar-refractivity contribution in [1.29, 1.82) is 0 Å². The third-order valence-corrected chi connectivity index (χ3v) is 1.41. The maximum Gasteiger partial charge on any atom is -0.00490 e. The molecule has 0 saturated carbocycles. The van der Waals surface area contributed by atoms with Crippen LogP contribution in [0.4, 0.5) is 0 Å². The molecular formula is C11H25N. The molecule has 1 heteroatoms. The zero-order chi connectivity index (χ0) is 9.66. The van der Waals surface area contributed by atoms with E-state index in [2.05, 4.69) is 25.7 Å². The summed E-state index contributed by atoms with van der Waals surface area (Å²) in [6.45, 7) is 12.1.